The summed E-state index contributed by atoms with van der Waals surface area (Å²) in [6.07, 6.45) is 0. The van der Waals surface area contributed by atoms with E-state index in [1.807, 2.05) is 37.6 Å². The fourth-order valence-corrected chi connectivity index (χ4v) is 2.79. The normalized spacial score (nSPS) is 11.9. The Kier molecular flexibility index (Phi) is 3.68. The van der Waals surface area contributed by atoms with Crippen LogP contribution in [-0.2, 0) is 12.6 Å². The number of nitrogens with two attached hydrogens (primary N) is 1. The molecule has 120 valence electrons. The number of benzene rings is 2. The Balaban J connectivity index is 2.03. The van der Waals surface area contributed by atoms with E-state index in [1.54, 1.807) is 12.1 Å². The summed E-state index contributed by atoms with van der Waals surface area (Å²) in [6, 6.07) is 9.85. The summed E-state index contributed by atoms with van der Waals surface area (Å²) in [6.45, 7) is 3.68. The smallest absolute Gasteiger partial charge is 0.166 e. The van der Waals surface area contributed by atoms with Gasteiger partial charge in [-0.3, -0.25) is 0 Å². The van der Waals surface area contributed by atoms with Crippen LogP contribution in [0.3, 0.4) is 0 Å². The second-order valence-corrected chi connectivity index (χ2v) is 6.37. The Morgan fingerprint density at radius 1 is 1.22 bits per heavy atom. The molecule has 3 rings (SSSR count). The number of nitrogen functional groups attached to an aromatic ring is 1. The molecule has 23 heavy (non-hydrogen) atoms. The van der Waals surface area contributed by atoms with E-state index in [1.165, 1.54) is 12.1 Å². The Bertz CT molecular complexity index is 889. The number of halogens is 2. The molecule has 3 aromatic rings. The minimum atomic E-state index is -0.836. The van der Waals surface area contributed by atoms with Gasteiger partial charge in [0.05, 0.1) is 11.0 Å². The molecule has 6 heteroatoms. The van der Waals surface area contributed by atoms with Gasteiger partial charge in [-0.1, -0.05) is 11.6 Å². The maximum Gasteiger partial charge on any atom is 0.166 e. The third kappa shape index (κ3) is 2.84. The van der Waals surface area contributed by atoms with Gasteiger partial charge in [0.2, 0.25) is 0 Å². The summed E-state index contributed by atoms with van der Waals surface area (Å²) in [4.78, 5) is 4.60. The number of hydrogen-bond acceptors (Lipinski definition) is 3. The van der Waals surface area contributed by atoms with Crippen molar-refractivity contribution in [1.29, 1.82) is 0 Å². The first-order valence-electron chi connectivity index (χ1n) is 7.14. The van der Waals surface area contributed by atoms with Crippen LogP contribution in [0.2, 0.25) is 5.02 Å². The molecule has 2 aromatic carbocycles. The van der Waals surface area contributed by atoms with Gasteiger partial charge < -0.3 is 15.0 Å². The van der Waals surface area contributed by atoms with E-state index < -0.39 is 11.4 Å². The van der Waals surface area contributed by atoms with Crippen LogP contribution >= 0.6 is 11.6 Å². The van der Waals surface area contributed by atoms with Gasteiger partial charge in [-0.15, -0.1) is 0 Å². The minimum Gasteiger partial charge on any atom is -0.477 e. The zero-order chi connectivity index (χ0) is 16.8. The molecule has 1 aromatic heterocycles. The summed E-state index contributed by atoms with van der Waals surface area (Å²) in [5.41, 5.74) is 7.32. The molecule has 0 unspecified atom stereocenters. The lowest BCUT2D eigenvalue weighted by Gasteiger charge is -2.26. The highest BCUT2D eigenvalue weighted by molar-refractivity contribution is 6.30. The highest BCUT2D eigenvalue weighted by Gasteiger charge is 2.30. The zero-order valence-corrected chi connectivity index (χ0v) is 13.9. The van der Waals surface area contributed by atoms with E-state index in [2.05, 4.69) is 4.98 Å². The fraction of sp³-hybridized carbons (Fsp3) is 0.235. The van der Waals surface area contributed by atoms with Crippen molar-refractivity contribution in [1.82, 2.24) is 9.55 Å². The van der Waals surface area contributed by atoms with Crippen molar-refractivity contribution in [2.24, 2.45) is 7.05 Å². The Morgan fingerprint density at radius 2 is 1.96 bits per heavy atom. The highest BCUT2D eigenvalue weighted by atomic mass is 35.5. The molecule has 0 aliphatic carbocycles. The predicted octanol–water partition coefficient (Wildman–Crippen LogP) is 4.26. The number of fused-ring (bicyclic) bond motifs is 1. The lowest BCUT2D eigenvalue weighted by molar-refractivity contribution is 0.0903. The molecule has 0 aliphatic heterocycles. The summed E-state index contributed by atoms with van der Waals surface area (Å²) in [5, 5.41) is 0.325. The summed E-state index contributed by atoms with van der Waals surface area (Å²) in [5.74, 6) is 0.298. The number of anilines is 1. The minimum absolute atomic E-state index is 0.131. The summed E-state index contributed by atoms with van der Waals surface area (Å²) < 4.78 is 21.8. The van der Waals surface area contributed by atoms with E-state index in [4.69, 9.17) is 22.1 Å². The molecule has 2 N–H and O–H groups in total. The molecule has 0 amide bonds. The third-order valence-electron chi connectivity index (χ3n) is 3.70. The number of aromatic nitrogens is 2. The number of rotatable bonds is 3. The van der Waals surface area contributed by atoms with E-state index in [0.29, 0.717) is 16.5 Å². The average molecular weight is 334 g/mol. The maximum atomic E-state index is 14.0. The van der Waals surface area contributed by atoms with Crippen LogP contribution in [0.25, 0.3) is 11.0 Å². The van der Waals surface area contributed by atoms with Crippen molar-refractivity contribution < 1.29 is 9.13 Å². The molecule has 0 bridgehead atoms. The number of hydrogen-bond donors (Lipinski definition) is 1. The van der Waals surface area contributed by atoms with Gasteiger partial charge >= 0.3 is 0 Å². The molecule has 1 heterocycles. The molecular formula is C17H17ClFN3O. The summed E-state index contributed by atoms with van der Waals surface area (Å²) in [7, 11) is 1.89. The molecule has 0 spiro atoms. The first-order chi connectivity index (χ1) is 10.8. The van der Waals surface area contributed by atoms with Gasteiger partial charge in [0, 0.05) is 17.8 Å². The molecule has 0 atom stereocenters. The van der Waals surface area contributed by atoms with E-state index in [0.717, 1.165) is 11.0 Å². The van der Waals surface area contributed by atoms with E-state index >= 15 is 0 Å². The lowest BCUT2D eigenvalue weighted by Crippen LogP contribution is -2.29. The van der Waals surface area contributed by atoms with Gasteiger partial charge in [-0.2, -0.15) is 0 Å². The Labute approximate surface area is 138 Å². The molecule has 4 nitrogen and oxygen atoms in total. The van der Waals surface area contributed by atoms with Crippen molar-refractivity contribution in [3.05, 3.63) is 53.1 Å². The van der Waals surface area contributed by atoms with Gasteiger partial charge in [0.25, 0.3) is 0 Å². The second-order valence-electron chi connectivity index (χ2n) is 5.93. The molecule has 0 saturated carbocycles. The van der Waals surface area contributed by atoms with Crippen molar-refractivity contribution in [2.75, 3.05) is 5.73 Å². The SMILES string of the molecule is Cn1c(C(C)(C)Oc2ccc(Cl)cc2F)nc2cc(N)ccc21. The van der Waals surface area contributed by atoms with E-state index in [-0.39, 0.29) is 5.75 Å². The topological polar surface area (TPSA) is 53.1 Å². The third-order valence-corrected chi connectivity index (χ3v) is 3.94. The number of imidazole rings is 1. The molecule has 0 saturated heterocycles. The standard InChI is InChI=1S/C17H17ClFN3O/c1-17(2,23-15-7-4-10(18)8-12(15)19)16-21-13-9-11(20)5-6-14(13)22(16)3/h4-9H,20H2,1-3H3. The van der Waals surface area contributed by atoms with Crippen LogP contribution in [0, 0.1) is 5.82 Å². The number of nitrogens with zero attached hydrogens (tertiary/aromatic N) is 2. The van der Waals surface area contributed by atoms with Crippen LogP contribution in [0.1, 0.15) is 19.7 Å². The number of aryl methyl sites for hydroxylation is 1. The van der Waals surface area contributed by atoms with Crippen LogP contribution in [0.4, 0.5) is 10.1 Å². The first kappa shape index (κ1) is 15.6. The second kappa shape index (κ2) is 5.42. The Hall–Kier alpha value is -2.27. The predicted molar refractivity (Wildman–Crippen MR) is 90.2 cm³/mol. The summed E-state index contributed by atoms with van der Waals surface area (Å²) >= 11 is 5.77. The van der Waals surface area contributed by atoms with Crippen LogP contribution in [0.15, 0.2) is 36.4 Å². The first-order valence-corrected chi connectivity index (χ1v) is 7.52. The number of ether oxygens (including phenoxy) is 1. The average Bonchev–Trinajstić information content (AvgIpc) is 2.79. The molecule has 0 fully saturated rings. The zero-order valence-electron chi connectivity index (χ0n) is 13.1. The van der Waals surface area contributed by atoms with Gasteiger partial charge in [0.1, 0.15) is 0 Å². The maximum absolute atomic E-state index is 14.0. The van der Waals surface area contributed by atoms with Crippen LogP contribution in [-0.4, -0.2) is 9.55 Å². The van der Waals surface area contributed by atoms with Crippen molar-refractivity contribution >= 4 is 28.3 Å². The van der Waals surface area contributed by atoms with Crippen molar-refractivity contribution in [3.63, 3.8) is 0 Å². The quantitative estimate of drug-likeness (QED) is 0.728. The monoisotopic (exact) mass is 333 g/mol. The molecule has 0 aliphatic rings. The van der Waals surface area contributed by atoms with Crippen molar-refractivity contribution in [3.8, 4) is 5.75 Å². The van der Waals surface area contributed by atoms with Crippen molar-refractivity contribution in [2.45, 2.75) is 19.4 Å². The van der Waals surface area contributed by atoms with Gasteiger partial charge in [0.15, 0.2) is 23.0 Å². The molecule has 0 radical (unpaired) electrons. The van der Waals surface area contributed by atoms with Gasteiger partial charge in [-0.25, -0.2) is 9.37 Å². The fourth-order valence-electron chi connectivity index (χ4n) is 2.63. The van der Waals surface area contributed by atoms with Gasteiger partial charge in [-0.05, 0) is 50.2 Å². The molecular weight excluding hydrogens is 317 g/mol. The highest BCUT2D eigenvalue weighted by Crippen LogP contribution is 2.32. The Morgan fingerprint density at radius 3 is 2.65 bits per heavy atom. The van der Waals surface area contributed by atoms with Crippen LogP contribution in [0.5, 0.6) is 5.75 Å². The lowest BCUT2D eigenvalue weighted by atomic mass is 10.1. The van der Waals surface area contributed by atoms with Crippen LogP contribution < -0.4 is 10.5 Å². The van der Waals surface area contributed by atoms with E-state index in [9.17, 15) is 4.39 Å². The largest absolute Gasteiger partial charge is 0.477 e.